The number of esters is 1. The molecular formula is C25H28O5S. The summed E-state index contributed by atoms with van der Waals surface area (Å²) in [5, 5.41) is 10.9. The summed E-state index contributed by atoms with van der Waals surface area (Å²) in [5.41, 5.74) is 1.17. The molecule has 31 heavy (non-hydrogen) atoms. The first kappa shape index (κ1) is 21.6. The van der Waals surface area contributed by atoms with Gasteiger partial charge in [-0.15, -0.1) is 11.3 Å². The van der Waals surface area contributed by atoms with Crippen LogP contribution in [0, 0.1) is 18.8 Å². The van der Waals surface area contributed by atoms with Crippen molar-refractivity contribution in [1.29, 1.82) is 0 Å². The number of aliphatic hydroxyl groups is 1. The predicted molar refractivity (Wildman–Crippen MR) is 120 cm³/mol. The van der Waals surface area contributed by atoms with Gasteiger partial charge < -0.3 is 14.6 Å². The first-order chi connectivity index (χ1) is 14.9. The summed E-state index contributed by atoms with van der Waals surface area (Å²) < 4.78 is 10.9. The Morgan fingerprint density at radius 3 is 2.42 bits per heavy atom. The molecule has 1 aliphatic heterocycles. The van der Waals surface area contributed by atoms with E-state index in [4.69, 9.17) is 9.47 Å². The van der Waals surface area contributed by atoms with E-state index in [1.807, 2.05) is 50.2 Å². The third kappa shape index (κ3) is 4.40. The van der Waals surface area contributed by atoms with Gasteiger partial charge in [0.15, 0.2) is 11.9 Å². The van der Waals surface area contributed by atoms with Crippen molar-refractivity contribution in [2.24, 2.45) is 11.8 Å². The lowest BCUT2D eigenvalue weighted by Crippen LogP contribution is -2.42. The van der Waals surface area contributed by atoms with E-state index >= 15 is 0 Å². The molecule has 164 valence electrons. The number of ketones is 1. The lowest BCUT2D eigenvalue weighted by Gasteiger charge is -2.31. The van der Waals surface area contributed by atoms with Crippen LogP contribution in [0.3, 0.4) is 0 Å². The number of methoxy groups -OCH3 is 1. The fraction of sp³-hybridized carbons (Fsp3) is 0.440. The minimum absolute atomic E-state index is 0.143. The number of cyclic esters (lactones) is 1. The third-order valence-electron chi connectivity index (χ3n) is 6.28. The van der Waals surface area contributed by atoms with Gasteiger partial charge in [-0.1, -0.05) is 19.1 Å². The molecule has 1 N–H and O–H groups in total. The summed E-state index contributed by atoms with van der Waals surface area (Å²) in [4.78, 5) is 28.4. The van der Waals surface area contributed by atoms with Crippen LogP contribution in [-0.2, 0) is 20.7 Å². The molecular weight excluding hydrogens is 412 g/mol. The van der Waals surface area contributed by atoms with Crippen LogP contribution in [0.15, 0.2) is 47.7 Å². The Hall–Kier alpha value is -2.60. The van der Waals surface area contributed by atoms with E-state index in [0.29, 0.717) is 12.8 Å². The lowest BCUT2D eigenvalue weighted by molar-refractivity contribution is -0.158. The van der Waals surface area contributed by atoms with Gasteiger partial charge in [0.2, 0.25) is 5.78 Å². The van der Waals surface area contributed by atoms with Crippen LogP contribution < -0.4 is 4.74 Å². The highest BCUT2D eigenvalue weighted by Gasteiger charge is 2.47. The zero-order valence-corrected chi connectivity index (χ0v) is 18.9. The largest absolute Gasteiger partial charge is 0.504 e. The number of carbonyl (C=O) groups excluding carboxylic acids is 2. The Morgan fingerprint density at radius 2 is 1.87 bits per heavy atom. The topological polar surface area (TPSA) is 72.8 Å². The van der Waals surface area contributed by atoms with Crippen LogP contribution in [0.2, 0.25) is 0 Å². The van der Waals surface area contributed by atoms with Gasteiger partial charge in [0, 0.05) is 21.6 Å². The molecule has 0 bridgehead atoms. The maximum absolute atomic E-state index is 13.2. The fourth-order valence-electron chi connectivity index (χ4n) is 4.37. The van der Waals surface area contributed by atoms with Gasteiger partial charge in [0.25, 0.3) is 0 Å². The number of aliphatic hydroxyl groups excluding tert-OH is 1. The molecule has 1 aliphatic carbocycles. The molecule has 2 aromatic rings. The Balaban J connectivity index is 1.60. The number of ether oxygens (including phenoxy) is 2. The zero-order chi connectivity index (χ0) is 22.1. The van der Waals surface area contributed by atoms with Crippen molar-refractivity contribution >= 4 is 23.1 Å². The molecule has 2 heterocycles. The van der Waals surface area contributed by atoms with Gasteiger partial charge in [-0.3, -0.25) is 4.79 Å². The second kappa shape index (κ2) is 8.87. The van der Waals surface area contributed by atoms with Crippen molar-refractivity contribution < 1.29 is 24.2 Å². The number of thiophene rings is 1. The van der Waals surface area contributed by atoms with E-state index in [-0.39, 0.29) is 23.3 Å². The second-order valence-corrected chi connectivity index (χ2v) is 9.76. The number of benzene rings is 1. The van der Waals surface area contributed by atoms with Crippen molar-refractivity contribution in [3.8, 4) is 5.75 Å². The molecule has 1 saturated carbocycles. The highest BCUT2D eigenvalue weighted by atomic mass is 32.1. The molecule has 0 amide bonds. The number of Topliss-reactive ketones (excluding diaryl/α,β-unsaturated/α-hetero) is 1. The summed E-state index contributed by atoms with van der Waals surface area (Å²) in [5.74, 6) is -0.885. The third-order valence-corrected chi connectivity index (χ3v) is 7.37. The quantitative estimate of drug-likeness (QED) is 0.576. The van der Waals surface area contributed by atoms with Crippen LogP contribution in [0.5, 0.6) is 5.75 Å². The van der Waals surface area contributed by atoms with Crippen LogP contribution in [0.4, 0.5) is 0 Å². The van der Waals surface area contributed by atoms with Gasteiger partial charge in [-0.2, -0.15) is 0 Å². The minimum Gasteiger partial charge on any atom is -0.504 e. The Bertz CT molecular complexity index is 999. The molecule has 6 heteroatoms. The number of hydrogen-bond acceptors (Lipinski definition) is 6. The van der Waals surface area contributed by atoms with Gasteiger partial charge in [0.05, 0.1) is 12.7 Å². The lowest BCUT2D eigenvalue weighted by atomic mass is 9.83. The first-order valence-corrected chi connectivity index (χ1v) is 11.6. The van der Waals surface area contributed by atoms with E-state index in [2.05, 4.69) is 0 Å². The molecule has 0 radical (unpaired) electrons. The standard InChI is InChI=1S/C25H28O5S/c1-4-16(13-15-6-10-18(29-3)11-7-15)24-23(27)22(26)21(25(28)30-24)20(17-8-9-17)19-12-5-14(2)31-19/h5-7,10-12,16-17,20,24,26H,4,8-9,13H2,1-3H3. The first-order valence-electron chi connectivity index (χ1n) is 10.8. The Morgan fingerprint density at radius 1 is 1.16 bits per heavy atom. The van der Waals surface area contributed by atoms with Crippen molar-refractivity contribution in [1.82, 2.24) is 0 Å². The normalized spacial score (nSPS) is 21.1. The van der Waals surface area contributed by atoms with Crippen LogP contribution in [0.25, 0.3) is 0 Å². The van der Waals surface area contributed by atoms with Gasteiger partial charge >= 0.3 is 5.97 Å². The molecule has 1 aromatic heterocycles. The molecule has 5 nitrogen and oxygen atoms in total. The smallest absolute Gasteiger partial charge is 0.339 e. The van der Waals surface area contributed by atoms with E-state index < -0.39 is 23.6 Å². The summed E-state index contributed by atoms with van der Waals surface area (Å²) in [6.45, 7) is 3.98. The van der Waals surface area contributed by atoms with E-state index in [1.165, 1.54) is 0 Å². The van der Waals surface area contributed by atoms with Crippen molar-refractivity contribution in [2.45, 2.75) is 51.6 Å². The maximum atomic E-state index is 13.2. The molecule has 1 aromatic carbocycles. The minimum atomic E-state index is -0.965. The number of aryl methyl sites for hydroxylation is 1. The van der Waals surface area contributed by atoms with E-state index in [0.717, 1.165) is 33.9 Å². The number of rotatable bonds is 8. The number of carbonyl (C=O) groups is 2. The average molecular weight is 441 g/mol. The van der Waals surface area contributed by atoms with Crippen LogP contribution >= 0.6 is 11.3 Å². The zero-order valence-electron chi connectivity index (χ0n) is 18.1. The summed E-state index contributed by atoms with van der Waals surface area (Å²) in [6.07, 6.45) is 2.22. The molecule has 3 unspecified atom stereocenters. The van der Waals surface area contributed by atoms with E-state index in [9.17, 15) is 14.7 Å². The molecule has 0 saturated heterocycles. The monoisotopic (exact) mass is 440 g/mol. The van der Waals surface area contributed by atoms with Gasteiger partial charge in [0.1, 0.15) is 5.75 Å². The summed E-state index contributed by atoms with van der Waals surface area (Å²) >= 11 is 1.60. The molecule has 4 rings (SSSR count). The van der Waals surface area contributed by atoms with Crippen molar-refractivity contribution in [2.75, 3.05) is 7.11 Å². The average Bonchev–Trinajstić information content (AvgIpc) is 3.52. The van der Waals surface area contributed by atoms with Crippen molar-refractivity contribution in [3.05, 3.63) is 63.0 Å². The van der Waals surface area contributed by atoms with E-state index in [1.54, 1.807) is 18.4 Å². The van der Waals surface area contributed by atoms with Gasteiger partial charge in [-0.05, 0) is 68.4 Å². The van der Waals surface area contributed by atoms with Gasteiger partial charge in [-0.25, -0.2) is 4.79 Å². The summed E-state index contributed by atoms with van der Waals surface area (Å²) in [6, 6.07) is 11.6. The fourth-order valence-corrected chi connectivity index (χ4v) is 5.45. The van der Waals surface area contributed by atoms with Crippen LogP contribution in [-0.4, -0.2) is 30.1 Å². The van der Waals surface area contributed by atoms with Crippen LogP contribution in [0.1, 0.15) is 47.4 Å². The molecule has 1 fully saturated rings. The number of hydrogen-bond donors (Lipinski definition) is 1. The highest BCUT2D eigenvalue weighted by Crippen LogP contribution is 2.50. The molecule has 0 spiro atoms. The maximum Gasteiger partial charge on any atom is 0.339 e. The van der Waals surface area contributed by atoms with Crippen molar-refractivity contribution in [3.63, 3.8) is 0 Å². The summed E-state index contributed by atoms with van der Waals surface area (Å²) in [7, 11) is 1.61. The second-order valence-electron chi connectivity index (χ2n) is 8.44. The molecule has 3 atom stereocenters. The highest BCUT2D eigenvalue weighted by molar-refractivity contribution is 7.12. The predicted octanol–water partition coefficient (Wildman–Crippen LogP) is 5.13. The Kier molecular flexibility index (Phi) is 6.19. The molecule has 2 aliphatic rings. The Labute approximate surface area is 186 Å². The SMILES string of the molecule is CCC(Cc1ccc(OC)cc1)C1OC(=O)C(C(c2ccc(C)s2)C2CC2)=C(O)C1=O.